The third kappa shape index (κ3) is 3.57. The van der Waals surface area contributed by atoms with Gasteiger partial charge in [-0.3, -0.25) is 14.8 Å². The lowest BCUT2D eigenvalue weighted by Gasteiger charge is -2.26. The van der Waals surface area contributed by atoms with Crippen LogP contribution in [-0.4, -0.2) is 32.3 Å². The average molecular weight is 437 g/mol. The third-order valence-corrected chi connectivity index (χ3v) is 6.55. The molecule has 7 heteroatoms. The van der Waals surface area contributed by atoms with Crippen molar-refractivity contribution < 1.29 is 4.79 Å². The zero-order valence-corrected chi connectivity index (χ0v) is 18.4. The van der Waals surface area contributed by atoms with Crippen LogP contribution in [0.3, 0.4) is 0 Å². The van der Waals surface area contributed by atoms with E-state index in [2.05, 4.69) is 47.2 Å². The van der Waals surface area contributed by atoms with Gasteiger partial charge >= 0.3 is 0 Å². The van der Waals surface area contributed by atoms with Crippen molar-refractivity contribution in [2.75, 3.05) is 6.54 Å². The van der Waals surface area contributed by atoms with Crippen LogP contribution in [0, 0.1) is 6.92 Å². The molecular formula is C23H21ClN4OS. The van der Waals surface area contributed by atoms with Crippen molar-refractivity contribution in [2.45, 2.75) is 26.8 Å². The largest absolute Gasteiger partial charge is 0.337 e. The van der Waals surface area contributed by atoms with Crippen LogP contribution in [0.4, 0.5) is 0 Å². The predicted octanol–water partition coefficient (Wildman–Crippen LogP) is 5.06. The number of nitrogens with zero attached hydrogens (tertiary/aromatic N) is 4. The molecule has 0 saturated carbocycles. The minimum atomic E-state index is 0. The molecule has 0 atom stereocenters. The van der Waals surface area contributed by atoms with Crippen molar-refractivity contribution in [1.82, 2.24) is 19.9 Å². The number of hydrogen-bond acceptors (Lipinski definition) is 5. The van der Waals surface area contributed by atoms with Crippen LogP contribution >= 0.6 is 23.7 Å². The average Bonchev–Trinajstić information content (AvgIpc) is 3.12. The molecule has 0 spiro atoms. The van der Waals surface area contributed by atoms with Crippen LogP contribution < -0.4 is 0 Å². The number of hydrogen-bond donors (Lipinski definition) is 0. The van der Waals surface area contributed by atoms with Gasteiger partial charge in [-0.05, 0) is 36.1 Å². The van der Waals surface area contributed by atoms with Gasteiger partial charge in [-0.15, -0.1) is 23.7 Å². The Bertz CT molecular complexity index is 1220. The highest BCUT2D eigenvalue weighted by molar-refractivity contribution is 7.19. The normalized spacial score (nSPS) is 13.1. The van der Waals surface area contributed by atoms with E-state index in [1.54, 1.807) is 36.9 Å². The highest BCUT2D eigenvalue weighted by Crippen LogP contribution is 2.41. The molecule has 1 aliphatic rings. The molecule has 0 saturated heterocycles. The lowest BCUT2D eigenvalue weighted by atomic mass is 9.95. The molecule has 5 nitrogen and oxygen atoms in total. The van der Waals surface area contributed by atoms with Crippen LogP contribution in [0.15, 0.2) is 48.9 Å². The highest BCUT2D eigenvalue weighted by atomic mass is 35.5. The van der Waals surface area contributed by atoms with E-state index in [9.17, 15) is 4.79 Å². The number of pyridine rings is 1. The van der Waals surface area contributed by atoms with Gasteiger partial charge in [0.05, 0.1) is 18.4 Å². The minimum absolute atomic E-state index is 0. The van der Waals surface area contributed by atoms with Crippen molar-refractivity contribution in [2.24, 2.45) is 0 Å². The number of carbonyl (C=O) groups excluding carboxylic acids is 1. The summed E-state index contributed by atoms with van der Waals surface area (Å²) in [5.41, 5.74) is 6.49. The number of benzene rings is 1. The molecular weight excluding hydrogens is 416 g/mol. The fourth-order valence-electron chi connectivity index (χ4n) is 3.89. The number of carbonyl (C=O) groups is 1. The summed E-state index contributed by atoms with van der Waals surface area (Å²) < 4.78 is 0. The molecule has 0 bridgehead atoms. The van der Waals surface area contributed by atoms with E-state index in [1.165, 1.54) is 32.5 Å². The summed E-state index contributed by atoms with van der Waals surface area (Å²) in [5, 5.41) is 1.21. The first-order chi connectivity index (χ1) is 14.1. The maximum Gasteiger partial charge on any atom is 0.219 e. The first kappa shape index (κ1) is 20.4. The summed E-state index contributed by atoms with van der Waals surface area (Å²) in [7, 11) is 0. The molecule has 0 N–H and O–H groups in total. The second-order valence-electron chi connectivity index (χ2n) is 7.39. The Morgan fingerprint density at radius 2 is 1.93 bits per heavy atom. The molecule has 5 rings (SSSR count). The Labute approximate surface area is 185 Å². The number of aromatic nitrogens is 3. The second-order valence-corrected chi connectivity index (χ2v) is 8.47. The molecule has 4 heterocycles. The van der Waals surface area contributed by atoms with E-state index >= 15 is 0 Å². The highest BCUT2D eigenvalue weighted by Gasteiger charge is 2.25. The Morgan fingerprint density at radius 3 is 2.63 bits per heavy atom. The van der Waals surface area contributed by atoms with Crippen molar-refractivity contribution >= 4 is 39.9 Å². The van der Waals surface area contributed by atoms with Crippen LogP contribution in [0.2, 0.25) is 0 Å². The van der Waals surface area contributed by atoms with Crippen LogP contribution in [-0.2, 0) is 17.8 Å². The molecule has 0 fully saturated rings. The molecule has 1 aliphatic heterocycles. The van der Waals surface area contributed by atoms with Crippen molar-refractivity contribution in [3.05, 3.63) is 64.9 Å². The topological polar surface area (TPSA) is 59.0 Å². The third-order valence-electron chi connectivity index (χ3n) is 5.44. The van der Waals surface area contributed by atoms with Crippen LogP contribution in [0.25, 0.3) is 32.7 Å². The molecule has 0 aliphatic carbocycles. The zero-order valence-electron chi connectivity index (χ0n) is 16.8. The maximum atomic E-state index is 11.9. The number of thiophene rings is 1. The van der Waals surface area contributed by atoms with Crippen molar-refractivity contribution in [3.8, 4) is 22.5 Å². The van der Waals surface area contributed by atoms with Gasteiger partial charge in [0, 0.05) is 36.1 Å². The Hall–Kier alpha value is -2.83. The Balaban J connectivity index is 0.00000218. The van der Waals surface area contributed by atoms with Gasteiger partial charge in [0.15, 0.2) is 0 Å². The van der Waals surface area contributed by atoms with Gasteiger partial charge in [-0.2, -0.15) is 0 Å². The van der Waals surface area contributed by atoms with Crippen LogP contribution in [0.5, 0.6) is 0 Å². The molecule has 152 valence electrons. The number of rotatable bonds is 2. The van der Waals surface area contributed by atoms with Gasteiger partial charge in [-0.1, -0.05) is 29.8 Å². The van der Waals surface area contributed by atoms with Crippen molar-refractivity contribution in [1.29, 1.82) is 0 Å². The van der Waals surface area contributed by atoms with E-state index in [-0.39, 0.29) is 18.3 Å². The van der Waals surface area contributed by atoms with Crippen LogP contribution in [0.1, 0.15) is 22.9 Å². The smallest absolute Gasteiger partial charge is 0.219 e. The first-order valence-electron chi connectivity index (χ1n) is 9.64. The fourth-order valence-corrected chi connectivity index (χ4v) is 5.15. The van der Waals surface area contributed by atoms with E-state index in [1.807, 2.05) is 4.90 Å². The summed E-state index contributed by atoms with van der Waals surface area (Å²) in [6.07, 6.45) is 5.97. The molecule has 3 aromatic heterocycles. The summed E-state index contributed by atoms with van der Waals surface area (Å²) >= 11 is 1.69. The van der Waals surface area contributed by atoms with Gasteiger partial charge in [0.2, 0.25) is 5.91 Å². The summed E-state index contributed by atoms with van der Waals surface area (Å²) in [4.78, 5) is 29.6. The molecule has 0 radical (unpaired) electrons. The van der Waals surface area contributed by atoms with Gasteiger partial charge in [0.1, 0.15) is 10.5 Å². The Morgan fingerprint density at radius 1 is 1.13 bits per heavy atom. The standard InChI is InChI=1S/C23H20N4OS.ClH/c1-14-3-5-16(6-4-14)18-11-19(20-12-24-8-9-25-20)26-23-22(18)17-7-10-27(15(2)28)13-21(17)29-23;/h3-6,8-9,11-12H,7,10,13H2,1-2H3;1H. The van der Waals surface area contributed by atoms with E-state index < -0.39 is 0 Å². The monoisotopic (exact) mass is 436 g/mol. The molecule has 0 unspecified atom stereocenters. The summed E-state index contributed by atoms with van der Waals surface area (Å²) in [6.45, 7) is 5.16. The number of amides is 1. The zero-order chi connectivity index (χ0) is 20.0. The van der Waals surface area contributed by atoms with E-state index in [0.29, 0.717) is 6.54 Å². The molecule has 1 amide bonds. The lowest BCUT2D eigenvalue weighted by Crippen LogP contribution is -2.33. The SMILES string of the molecule is CC(=O)N1CCc2c(sc3nc(-c4cnccn4)cc(-c4ccc(C)cc4)c23)C1.Cl. The van der Waals surface area contributed by atoms with Gasteiger partial charge in [0.25, 0.3) is 0 Å². The number of fused-ring (bicyclic) bond motifs is 3. The summed E-state index contributed by atoms with van der Waals surface area (Å²) in [6, 6.07) is 10.7. The van der Waals surface area contributed by atoms with E-state index in [4.69, 9.17) is 4.98 Å². The predicted molar refractivity (Wildman–Crippen MR) is 123 cm³/mol. The second kappa shape index (κ2) is 8.13. The van der Waals surface area contributed by atoms with Gasteiger partial charge < -0.3 is 4.90 Å². The molecule has 1 aromatic carbocycles. The Kier molecular flexibility index (Phi) is 5.54. The minimum Gasteiger partial charge on any atom is -0.337 e. The molecule has 4 aromatic rings. The fraction of sp³-hybridized carbons (Fsp3) is 0.217. The van der Waals surface area contributed by atoms with Crippen molar-refractivity contribution in [3.63, 3.8) is 0 Å². The number of halogens is 1. The maximum absolute atomic E-state index is 11.9. The molecule has 30 heavy (non-hydrogen) atoms. The lowest BCUT2D eigenvalue weighted by molar-refractivity contribution is -0.129. The van der Waals surface area contributed by atoms with Gasteiger partial charge in [-0.25, -0.2) is 4.98 Å². The quantitative estimate of drug-likeness (QED) is 0.441. The summed E-state index contributed by atoms with van der Waals surface area (Å²) in [5.74, 6) is 0.125. The first-order valence-corrected chi connectivity index (χ1v) is 10.5. The number of aryl methyl sites for hydroxylation is 1. The van der Waals surface area contributed by atoms with E-state index in [0.717, 1.165) is 29.2 Å².